The van der Waals surface area contributed by atoms with E-state index in [-0.39, 0.29) is 11.9 Å². The van der Waals surface area contributed by atoms with E-state index in [2.05, 4.69) is 20.3 Å². The van der Waals surface area contributed by atoms with Crippen LogP contribution in [-0.2, 0) is 4.79 Å². The summed E-state index contributed by atoms with van der Waals surface area (Å²) in [5, 5.41) is 6.98. The van der Waals surface area contributed by atoms with Gasteiger partial charge in [0, 0.05) is 6.54 Å². The fourth-order valence-corrected chi connectivity index (χ4v) is 2.31. The summed E-state index contributed by atoms with van der Waals surface area (Å²) in [6, 6.07) is 7.55. The maximum Gasteiger partial charge on any atom is 0.244 e. The Hall–Kier alpha value is -2.41. The van der Waals surface area contributed by atoms with Crippen LogP contribution in [0.15, 0.2) is 36.9 Å². The number of nitrogens with one attached hydrogen (secondary N) is 1. The first-order valence-corrected chi connectivity index (χ1v) is 7.45. The summed E-state index contributed by atoms with van der Waals surface area (Å²) in [7, 11) is 5.62. The first-order chi connectivity index (χ1) is 11.0. The Morgan fingerprint density at radius 1 is 1.35 bits per heavy atom. The molecule has 1 N–H and O–H groups in total. The van der Waals surface area contributed by atoms with E-state index in [1.165, 1.54) is 17.3 Å². The summed E-state index contributed by atoms with van der Waals surface area (Å²) in [4.78, 5) is 18.2. The van der Waals surface area contributed by atoms with E-state index in [0.29, 0.717) is 6.54 Å². The molecular weight excluding hydrogens is 294 g/mol. The number of hydrogen-bond acceptors (Lipinski definition) is 5. The summed E-state index contributed by atoms with van der Waals surface area (Å²) in [6.45, 7) is 2.30. The molecule has 7 heteroatoms. The van der Waals surface area contributed by atoms with Crippen molar-refractivity contribution in [2.75, 3.05) is 27.7 Å². The zero-order chi connectivity index (χ0) is 16.8. The summed E-state index contributed by atoms with van der Waals surface area (Å²) in [6.07, 6.45) is 2.96. The molecule has 0 saturated heterocycles. The Labute approximate surface area is 136 Å². The third-order valence-electron chi connectivity index (χ3n) is 3.81. The van der Waals surface area contributed by atoms with Crippen molar-refractivity contribution >= 4 is 5.91 Å². The number of ether oxygens (including phenoxy) is 1. The molecule has 1 aromatic carbocycles. The van der Waals surface area contributed by atoms with E-state index in [9.17, 15) is 4.79 Å². The predicted octanol–water partition coefficient (Wildman–Crippen LogP) is 1.27. The maximum atomic E-state index is 12.3. The van der Waals surface area contributed by atoms with Crippen molar-refractivity contribution in [2.45, 2.75) is 19.0 Å². The first kappa shape index (κ1) is 17.0. The van der Waals surface area contributed by atoms with Crippen LogP contribution in [0, 0.1) is 0 Å². The number of hydrogen-bond donors (Lipinski definition) is 1. The van der Waals surface area contributed by atoms with Crippen LogP contribution in [-0.4, -0.2) is 53.3 Å². The van der Waals surface area contributed by atoms with Gasteiger partial charge in [-0.05, 0) is 38.7 Å². The second-order valence-electron chi connectivity index (χ2n) is 5.55. The van der Waals surface area contributed by atoms with Crippen molar-refractivity contribution in [3.63, 3.8) is 0 Å². The lowest BCUT2D eigenvalue weighted by Crippen LogP contribution is -2.37. The number of nitrogens with zero attached hydrogens (tertiary/aromatic N) is 4. The molecule has 0 saturated carbocycles. The van der Waals surface area contributed by atoms with Gasteiger partial charge in [0.1, 0.15) is 24.4 Å². The topological polar surface area (TPSA) is 72.3 Å². The lowest BCUT2D eigenvalue weighted by atomic mass is 10.1. The summed E-state index contributed by atoms with van der Waals surface area (Å²) < 4.78 is 6.72. The molecular formula is C16H23N5O2. The molecule has 0 bridgehead atoms. The molecule has 7 nitrogen and oxygen atoms in total. The van der Waals surface area contributed by atoms with E-state index in [4.69, 9.17) is 4.74 Å². The zero-order valence-electron chi connectivity index (χ0n) is 13.9. The van der Waals surface area contributed by atoms with Gasteiger partial charge in [0.05, 0.1) is 13.2 Å². The van der Waals surface area contributed by atoms with Crippen LogP contribution in [0.2, 0.25) is 0 Å². The highest BCUT2D eigenvalue weighted by atomic mass is 16.5. The van der Waals surface area contributed by atoms with E-state index >= 15 is 0 Å². The monoisotopic (exact) mass is 317 g/mol. The Morgan fingerprint density at radius 2 is 2.04 bits per heavy atom. The Morgan fingerprint density at radius 3 is 2.57 bits per heavy atom. The van der Waals surface area contributed by atoms with Gasteiger partial charge in [0.2, 0.25) is 5.91 Å². The number of likely N-dealkylation sites (N-methyl/N-ethyl adjacent to an activating group) is 1. The van der Waals surface area contributed by atoms with Crippen molar-refractivity contribution in [1.82, 2.24) is 25.0 Å². The van der Waals surface area contributed by atoms with Crippen LogP contribution in [0.4, 0.5) is 0 Å². The third kappa shape index (κ3) is 4.29. The summed E-state index contributed by atoms with van der Waals surface area (Å²) in [5.41, 5.74) is 1.12. The molecule has 23 heavy (non-hydrogen) atoms. The van der Waals surface area contributed by atoms with Gasteiger partial charge in [-0.15, -0.1) is 0 Å². The van der Waals surface area contributed by atoms with Crippen LogP contribution in [0.1, 0.15) is 24.6 Å². The molecule has 0 radical (unpaired) electrons. The standard InChI is InChI=1S/C16H23N5O2/c1-12(21-11-17-10-19-21)16(22)18-9-15(20(2)3)13-5-7-14(23-4)8-6-13/h5-8,10-12,15H,9H2,1-4H3,(H,18,22)/t12-,15+/m0/s1. The SMILES string of the molecule is COc1ccc([C@@H](CNC(=O)[C@H](C)n2cncn2)N(C)C)cc1. The van der Waals surface area contributed by atoms with Crippen molar-refractivity contribution in [1.29, 1.82) is 0 Å². The maximum absolute atomic E-state index is 12.3. The quantitative estimate of drug-likeness (QED) is 0.832. The average Bonchev–Trinajstić information content (AvgIpc) is 3.08. The summed E-state index contributed by atoms with van der Waals surface area (Å²) >= 11 is 0. The molecule has 0 fully saturated rings. The van der Waals surface area contributed by atoms with Gasteiger partial charge in [-0.25, -0.2) is 9.67 Å². The molecule has 0 aliphatic rings. The lowest BCUT2D eigenvalue weighted by Gasteiger charge is -2.26. The number of aromatic nitrogens is 3. The second-order valence-corrected chi connectivity index (χ2v) is 5.55. The van der Waals surface area contributed by atoms with Crippen molar-refractivity contribution in [3.8, 4) is 5.75 Å². The van der Waals surface area contributed by atoms with Gasteiger partial charge >= 0.3 is 0 Å². The Kier molecular flexibility index (Phi) is 5.70. The molecule has 0 aliphatic carbocycles. The van der Waals surface area contributed by atoms with Crippen molar-refractivity contribution < 1.29 is 9.53 Å². The number of rotatable bonds is 7. The lowest BCUT2D eigenvalue weighted by molar-refractivity contribution is -0.124. The third-order valence-corrected chi connectivity index (χ3v) is 3.81. The first-order valence-electron chi connectivity index (χ1n) is 7.45. The number of methoxy groups -OCH3 is 1. The Balaban J connectivity index is 2.00. The van der Waals surface area contributed by atoms with Crippen molar-refractivity contribution in [2.24, 2.45) is 0 Å². The molecule has 2 rings (SSSR count). The number of benzene rings is 1. The number of carbonyl (C=O) groups excluding carboxylic acids is 1. The highest BCUT2D eigenvalue weighted by Crippen LogP contribution is 2.20. The van der Waals surface area contributed by atoms with Gasteiger partial charge in [0.15, 0.2) is 0 Å². The van der Waals surface area contributed by atoms with Crippen LogP contribution in [0.25, 0.3) is 0 Å². The minimum atomic E-state index is -0.392. The van der Waals surface area contributed by atoms with E-state index in [1.54, 1.807) is 14.0 Å². The highest BCUT2D eigenvalue weighted by molar-refractivity contribution is 5.79. The van der Waals surface area contributed by atoms with Crippen LogP contribution < -0.4 is 10.1 Å². The summed E-state index contributed by atoms with van der Waals surface area (Å²) in [5.74, 6) is 0.728. The molecule has 2 aromatic rings. The fraction of sp³-hybridized carbons (Fsp3) is 0.438. The molecule has 1 aromatic heterocycles. The van der Waals surface area contributed by atoms with Gasteiger partial charge in [-0.1, -0.05) is 12.1 Å². The number of carbonyl (C=O) groups is 1. The van der Waals surface area contributed by atoms with Gasteiger partial charge < -0.3 is 15.0 Å². The Bertz CT molecular complexity index is 610. The zero-order valence-corrected chi connectivity index (χ0v) is 13.9. The van der Waals surface area contributed by atoms with Gasteiger partial charge in [-0.2, -0.15) is 5.10 Å². The molecule has 1 amide bonds. The highest BCUT2D eigenvalue weighted by Gasteiger charge is 2.19. The van der Waals surface area contributed by atoms with Crippen LogP contribution >= 0.6 is 0 Å². The molecule has 124 valence electrons. The second kappa shape index (κ2) is 7.73. The predicted molar refractivity (Wildman–Crippen MR) is 87.2 cm³/mol. The molecule has 0 spiro atoms. The van der Waals surface area contributed by atoms with E-state index < -0.39 is 6.04 Å². The molecule has 0 unspecified atom stereocenters. The molecule has 2 atom stereocenters. The minimum absolute atomic E-state index is 0.0767. The van der Waals surface area contributed by atoms with E-state index in [1.807, 2.05) is 38.4 Å². The average molecular weight is 317 g/mol. The van der Waals surface area contributed by atoms with Gasteiger partial charge in [-0.3, -0.25) is 4.79 Å². The normalized spacial score (nSPS) is 13.6. The largest absolute Gasteiger partial charge is 0.497 e. The van der Waals surface area contributed by atoms with Crippen LogP contribution in [0.3, 0.4) is 0 Å². The fourth-order valence-electron chi connectivity index (χ4n) is 2.31. The molecule has 0 aliphatic heterocycles. The smallest absolute Gasteiger partial charge is 0.244 e. The molecule has 1 heterocycles. The van der Waals surface area contributed by atoms with E-state index in [0.717, 1.165) is 11.3 Å². The van der Waals surface area contributed by atoms with Crippen LogP contribution in [0.5, 0.6) is 5.75 Å². The van der Waals surface area contributed by atoms with Crippen molar-refractivity contribution in [3.05, 3.63) is 42.5 Å². The number of amides is 1. The van der Waals surface area contributed by atoms with Gasteiger partial charge in [0.25, 0.3) is 0 Å². The minimum Gasteiger partial charge on any atom is -0.497 e.